The minimum absolute atomic E-state index is 0.0520. The van der Waals surface area contributed by atoms with Gasteiger partial charge in [-0.05, 0) is 123 Å². The van der Waals surface area contributed by atoms with Crippen molar-refractivity contribution in [3.8, 4) is 5.69 Å². The molecule has 7 aromatic rings. The lowest BCUT2D eigenvalue weighted by molar-refractivity contribution is -0.116. The van der Waals surface area contributed by atoms with Gasteiger partial charge >= 0.3 is 0 Å². The molecular formula is C47H44N2O4. The number of para-hydroxylation sites is 2. The second kappa shape index (κ2) is 16.3. The number of amides is 1. The van der Waals surface area contributed by atoms with Gasteiger partial charge in [0.25, 0.3) is 11.1 Å². The topological polar surface area (TPSA) is 76.5 Å². The van der Waals surface area contributed by atoms with Crippen LogP contribution >= 0.6 is 0 Å². The smallest absolute Gasteiger partial charge is 0.265 e. The molecule has 7 rings (SSSR count). The van der Waals surface area contributed by atoms with Crippen LogP contribution in [0.5, 0.6) is 0 Å². The SMILES string of the molecule is C=Cc1ccc2cc(C)c(=O)n(-c3ccccc3)c(=O)c3cc4ccc(/C=C/C=O)c5/c(=C/C)c1c2c(c3C)c45.CC.CC(=O)N(C)c1ccccc1. The number of allylic oxidation sites excluding steroid dienone is 1. The molecule has 6 heteroatoms. The Labute approximate surface area is 309 Å². The fraction of sp³-hybridized carbons (Fsp3) is 0.149. The van der Waals surface area contributed by atoms with E-state index in [0.29, 0.717) is 16.6 Å². The van der Waals surface area contributed by atoms with Crippen molar-refractivity contribution in [2.45, 2.75) is 41.5 Å². The molecule has 1 heterocycles. The lowest BCUT2D eigenvalue weighted by Gasteiger charge is -2.19. The summed E-state index contributed by atoms with van der Waals surface area (Å²) in [5, 5.41) is 8.26. The van der Waals surface area contributed by atoms with Crippen molar-refractivity contribution >= 4 is 79.2 Å². The molecule has 0 fully saturated rings. The molecule has 1 amide bonds. The van der Waals surface area contributed by atoms with E-state index in [2.05, 4.69) is 12.7 Å². The molecule has 266 valence electrons. The number of carbonyl (C=O) groups is 2. The predicted octanol–water partition coefficient (Wildman–Crippen LogP) is 9.50. The van der Waals surface area contributed by atoms with Crippen LogP contribution in [-0.4, -0.2) is 23.8 Å². The van der Waals surface area contributed by atoms with Gasteiger partial charge in [0.15, 0.2) is 0 Å². The van der Waals surface area contributed by atoms with Crippen molar-refractivity contribution in [2.75, 3.05) is 11.9 Å². The quantitative estimate of drug-likeness (QED) is 0.0776. The lowest BCUT2D eigenvalue weighted by atomic mass is 9.84. The highest BCUT2D eigenvalue weighted by molar-refractivity contribution is 6.30. The highest BCUT2D eigenvalue weighted by Gasteiger charge is 2.20. The number of hydrogen-bond donors (Lipinski definition) is 0. The van der Waals surface area contributed by atoms with E-state index in [1.165, 1.54) is 10.6 Å². The summed E-state index contributed by atoms with van der Waals surface area (Å²) in [5.41, 5.74) is 3.85. The van der Waals surface area contributed by atoms with Crippen molar-refractivity contribution in [1.82, 2.24) is 4.57 Å². The molecule has 6 aromatic carbocycles. The summed E-state index contributed by atoms with van der Waals surface area (Å²) >= 11 is 0. The molecule has 0 spiro atoms. The summed E-state index contributed by atoms with van der Waals surface area (Å²) in [6.45, 7) is 15.4. The van der Waals surface area contributed by atoms with Gasteiger partial charge in [0.2, 0.25) is 5.91 Å². The summed E-state index contributed by atoms with van der Waals surface area (Å²) in [7, 11) is 1.76. The first-order chi connectivity index (χ1) is 25.6. The first-order valence-corrected chi connectivity index (χ1v) is 17.7. The molecule has 0 saturated heterocycles. The van der Waals surface area contributed by atoms with Crippen molar-refractivity contribution in [3.63, 3.8) is 0 Å². The maximum atomic E-state index is 14.3. The zero-order valence-corrected chi connectivity index (χ0v) is 31.4. The first-order valence-electron chi connectivity index (χ1n) is 17.7. The number of nitrogens with zero attached hydrogens (tertiary/aromatic N) is 2. The van der Waals surface area contributed by atoms with Gasteiger partial charge in [-0.3, -0.25) is 19.2 Å². The molecule has 53 heavy (non-hydrogen) atoms. The van der Waals surface area contributed by atoms with Crippen molar-refractivity contribution in [3.05, 3.63) is 158 Å². The molecule has 0 aliphatic carbocycles. The van der Waals surface area contributed by atoms with Gasteiger partial charge in [0.05, 0.1) is 5.69 Å². The third-order valence-corrected chi connectivity index (χ3v) is 9.50. The monoisotopic (exact) mass is 700 g/mol. The Morgan fingerprint density at radius 2 is 1.30 bits per heavy atom. The standard InChI is InChI=1S/C36H27NO3.C9H11NO.C2H6/c1-5-23-14-16-25-19-21(3)35(39)37(27-12-8-7-9-13-27)36(40)29-20-26-17-15-24(11-10-18-38)32-28(6-2)31(23)33(25)30(22(29)4)34(26)32;1-8(11)10(2)9-6-4-3-5-7-9;1-2/h5-20H,1H2,2-4H3;3-7H,1-2H3;1-2H3/b11-10+,21-19?,28-6+;;. The molecule has 0 N–H and O–H groups in total. The summed E-state index contributed by atoms with van der Waals surface area (Å²) in [6, 6.07) is 30.4. The molecular weight excluding hydrogens is 657 g/mol. The maximum absolute atomic E-state index is 14.3. The minimum Gasteiger partial charge on any atom is -0.316 e. The zero-order chi connectivity index (χ0) is 38.4. The predicted molar refractivity (Wildman–Crippen MR) is 225 cm³/mol. The summed E-state index contributed by atoms with van der Waals surface area (Å²) in [5.74, 6) is 0.0520. The number of benzene rings is 6. The normalized spacial score (nSPS) is 11.3. The Bertz CT molecular complexity index is 2730. The average Bonchev–Trinajstić information content (AvgIpc) is 3.19. The zero-order valence-electron chi connectivity index (χ0n) is 31.4. The van der Waals surface area contributed by atoms with Gasteiger partial charge in [-0.2, -0.15) is 0 Å². The van der Waals surface area contributed by atoms with Gasteiger partial charge in [0.1, 0.15) is 6.29 Å². The van der Waals surface area contributed by atoms with Crippen molar-refractivity contribution in [1.29, 1.82) is 0 Å². The highest BCUT2D eigenvalue weighted by Crippen LogP contribution is 2.39. The number of anilines is 1. The number of rotatable bonds is 5. The number of aldehydes is 1. The summed E-state index contributed by atoms with van der Waals surface area (Å²) in [6.07, 6.45) is 8.04. The molecule has 0 aliphatic heterocycles. The van der Waals surface area contributed by atoms with Gasteiger partial charge < -0.3 is 4.90 Å². The van der Waals surface area contributed by atoms with Gasteiger partial charge in [-0.1, -0.05) is 99.3 Å². The Balaban J connectivity index is 0.000000356. The van der Waals surface area contributed by atoms with E-state index in [-0.39, 0.29) is 17.0 Å². The van der Waals surface area contributed by atoms with E-state index in [1.54, 1.807) is 37.9 Å². The van der Waals surface area contributed by atoms with E-state index in [0.717, 1.165) is 71.6 Å². The van der Waals surface area contributed by atoms with Crippen LogP contribution in [0.15, 0.2) is 119 Å². The fourth-order valence-electron chi connectivity index (χ4n) is 6.94. The second-order valence-corrected chi connectivity index (χ2v) is 12.5. The lowest BCUT2D eigenvalue weighted by Crippen LogP contribution is -2.30. The van der Waals surface area contributed by atoms with Crippen LogP contribution in [-0.2, 0) is 9.59 Å². The van der Waals surface area contributed by atoms with Gasteiger partial charge in [-0.15, -0.1) is 0 Å². The van der Waals surface area contributed by atoms with Gasteiger partial charge in [0, 0.05) is 30.6 Å². The molecule has 0 atom stereocenters. The van der Waals surface area contributed by atoms with Crippen molar-refractivity contribution in [2.24, 2.45) is 0 Å². The van der Waals surface area contributed by atoms with Crippen molar-refractivity contribution < 1.29 is 9.59 Å². The molecule has 0 saturated carbocycles. The van der Waals surface area contributed by atoms with Gasteiger partial charge in [-0.25, -0.2) is 4.57 Å². The number of carbonyl (C=O) groups excluding carboxylic acids is 2. The second-order valence-electron chi connectivity index (χ2n) is 12.5. The molecule has 2 bridgehead atoms. The molecule has 6 nitrogen and oxygen atoms in total. The summed E-state index contributed by atoms with van der Waals surface area (Å²) in [4.78, 5) is 52.0. The van der Waals surface area contributed by atoms with E-state index in [4.69, 9.17) is 0 Å². The average molecular weight is 701 g/mol. The van der Waals surface area contributed by atoms with E-state index >= 15 is 0 Å². The van der Waals surface area contributed by atoms with E-state index in [1.807, 2.05) is 125 Å². The third-order valence-electron chi connectivity index (χ3n) is 9.50. The molecule has 0 radical (unpaired) electrons. The highest BCUT2D eigenvalue weighted by atomic mass is 16.2. The Hall–Kier alpha value is -6.40. The van der Waals surface area contributed by atoms with Crippen LogP contribution in [0.1, 0.15) is 49.9 Å². The van der Waals surface area contributed by atoms with E-state index in [9.17, 15) is 19.2 Å². The molecule has 0 aliphatic rings. The Morgan fingerprint density at radius 3 is 1.87 bits per heavy atom. The van der Waals surface area contributed by atoms with Crippen LogP contribution in [0.3, 0.4) is 0 Å². The number of fused-ring (bicyclic) bond motifs is 1. The molecule has 0 unspecified atom stereocenters. The maximum Gasteiger partial charge on any atom is 0.265 e. The largest absolute Gasteiger partial charge is 0.316 e. The fourth-order valence-corrected chi connectivity index (χ4v) is 6.94. The van der Waals surface area contributed by atoms with Crippen LogP contribution in [0.25, 0.3) is 67.0 Å². The van der Waals surface area contributed by atoms with E-state index < -0.39 is 0 Å². The summed E-state index contributed by atoms with van der Waals surface area (Å²) < 4.78 is 1.28. The first kappa shape index (κ1) is 37.8. The minimum atomic E-state index is -0.368. The van der Waals surface area contributed by atoms with Crippen LogP contribution < -0.4 is 21.2 Å². The van der Waals surface area contributed by atoms with Crippen LogP contribution in [0, 0.1) is 13.8 Å². The number of hydrogen-bond acceptors (Lipinski definition) is 4. The van der Waals surface area contributed by atoms with Crippen LogP contribution in [0.2, 0.25) is 0 Å². The molecule has 1 aromatic heterocycles. The number of aromatic nitrogens is 1. The Morgan fingerprint density at radius 1 is 0.736 bits per heavy atom. The Kier molecular flexibility index (Phi) is 11.6. The third kappa shape index (κ3) is 6.96. The number of aryl methyl sites for hydroxylation is 2. The van der Waals surface area contributed by atoms with Crippen LogP contribution in [0.4, 0.5) is 5.69 Å².